The van der Waals surface area contributed by atoms with Gasteiger partial charge in [0.1, 0.15) is 11.4 Å². The molecule has 7 nitrogen and oxygen atoms in total. The van der Waals surface area contributed by atoms with Crippen molar-refractivity contribution in [1.82, 2.24) is 9.97 Å². The van der Waals surface area contributed by atoms with E-state index in [1.165, 1.54) is 7.11 Å². The highest BCUT2D eigenvalue weighted by atomic mass is 16.7. The Morgan fingerprint density at radius 3 is 2.03 bits per heavy atom. The zero-order valence-corrected chi connectivity index (χ0v) is 21.4. The molecule has 0 amide bonds. The van der Waals surface area contributed by atoms with Crippen LogP contribution in [0.3, 0.4) is 0 Å². The molecule has 3 aromatic rings. The number of carbonyl (C=O) groups is 1. The summed E-state index contributed by atoms with van der Waals surface area (Å²) in [5, 5.41) is 0. The van der Waals surface area contributed by atoms with Crippen LogP contribution in [0.2, 0.25) is 0 Å². The Balaban J connectivity index is 1.84. The fourth-order valence-electron chi connectivity index (χ4n) is 3.60. The third-order valence-electron chi connectivity index (χ3n) is 5.19. The number of esters is 1. The molecule has 186 valence electrons. The minimum Gasteiger partial charge on any atom is -0.456 e. The second-order valence-corrected chi connectivity index (χ2v) is 9.42. The minimum atomic E-state index is -1.09. The Kier molecular flexibility index (Phi) is 8.95. The number of ether oxygens (including phenoxy) is 3. The van der Waals surface area contributed by atoms with Gasteiger partial charge in [0.25, 0.3) is 6.29 Å². The van der Waals surface area contributed by atoms with Crippen LogP contribution < -0.4 is 4.90 Å². The molecule has 0 bridgehead atoms. The summed E-state index contributed by atoms with van der Waals surface area (Å²) in [6.45, 7) is 10.3. The van der Waals surface area contributed by atoms with E-state index in [1.807, 2.05) is 60.7 Å². The highest BCUT2D eigenvalue weighted by molar-refractivity contribution is 5.78. The summed E-state index contributed by atoms with van der Waals surface area (Å²) >= 11 is 0. The Labute approximate surface area is 208 Å². The second-order valence-electron chi connectivity index (χ2n) is 9.42. The van der Waals surface area contributed by atoms with Gasteiger partial charge in [-0.1, -0.05) is 60.7 Å². The standard InChI is InChI=1S/C28H35N3O4/c1-20(2)31(17-18-34-27(33-6)26(32)35-28(3,4)5)23-19-29-24(21-13-9-7-10-14-21)25(30-23)22-15-11-8-12-16-22/h7-16,19-20,27H,17-18H2,1-6H3. The van der Waals surface area contributed by atoms with E-state index >= 15 is 0 Å². The molecule has 0 aliphatic heterocycles. The lowest BCUT2D eigenvalue weighted by Crippen LogP contribution is -2.39. The predicted molar refractivity (Wildman–Crippen MR) is 138 cm³/mol. The number of benzene rings is 2. The molecule has 1 atom stereocenters. The van der Waals surface area contributed by atoms with Gasteiger partial charge < -0.3 is 19.1 Å². The SMILES string of the molecule is COC(OCCN(c1cnc(-c2ccccc2)c(-c2ccccc2)n1)C(C)C)C(=O)OC(C)(C)C. The number of hydrogen-bond donors (Lipinski definition) is 0. The van der Waals surface area contributed by atoms with E-state index in [2.05, 4.69) is 18.7 Å². The van der Waals surface area contributed by atoms with Crippen LogP contribution in [0, 0.1) is 0 Å². The summed E-state index contributed by atoms with van der Waals surface area (Å²) in [7, 11) is 1.43. The smallest absolute Gasteiger partial charge is 0.364 e. The fourth-order valence-corrected chi connectivity index (χ4v) is 3.60. The number of anilines is 1. The van der Waals surface area contributed by atoms with Gasteiger partial charge in [-0.2, -0.15) is 0 Å². The third kappa shape index (κ3) is 7.34. The van der Waals surface area contributed by atoms with Crippen molar-refractivity contribution in [3.8, 4) is 22.5 Å². The summed E-state index contributed by atoms with van der Waals surface area (Å²) in [6, 6.07) is 20.2. The third-order valence-corrected chi connectivity index (χ3v) is 5.19. The summed E-state index contributed by atoms with van der Waals surface area (Å²) < 4.78 is 16.3. The molecule has 0 saturated carbocycles. The normalized spacial score (nSPS) is 12.4. The lowest BCUT2D eigenvalue weighted by molar-refractivity contribution is -0.198. The molecule has 3 rings (SSSR count). The van der Waals surface area contributed by atoms with Crippen molar-refractivity contribution < 1.29 is 19.0 Å². The van der Waals surface area contributed by atoms with Gasteiger partial charge in [-0.15, -0.1) is 0 Å². The average molecular weight is 478 g/mol. The molecule has 2 aromatic carbocycles. The Bertz CT molecular complexity index is 1080. The first-order valence-electron chi connectivity index (χ1n) is 11.8. The largest absolute Gasteiger partial charge is 0.456 e. The van der Waals surface area contributed by atoms with E-state index in [-0.39, 0.29) is 12.6 Å². The molecule has 1 heterocycles. The van der Waals surface area contributed by atoms with E-state index < -0.39 is 17.9 Å². The Hall–Kier alpha value is -3.29. The fraction of sp³-hybridized carbons (Fsp3) is 0.393. The van der Waals surface area contributed by atoms with Crippen molar-refractivity contribution in [2.45, 2.75) is 52.6 Å². The summed E-state index contributed by atoms with van der Waals surface area (Å²) in [5.41, 5.74) is 3.01. The van der Waals surface area contributed by atoms with Gasteiger partial charge in [0, 0.05) is 30.8 Å². The number of hydrogen-bond acceptors (Lipinski definition) is 7. The molecule has 35 heavy (non-hydrogen) atoms. The Morgan fingerprint density at radius 1 is 0.943 bits per heavy atom. The lowest BCUT2D eigenvalue weighted by atomic mass is 10.0. The second kappa shape index (κ2) is 11.9. The van der Waals surface area contributed by atoms with Gasteiger partial charge in [-0.25, -0.2) is 9.78 Å². The number of nitrogens with zero attached hydrogens (tertiary/aromatic N) is 3. The molecular weight excluding hydrogens is 442 g/mol. The maximum Gasteiger partial charge on any atom is 0.364 e. The van der Waals surface area contributed by atoms with Crippen LogP contribution in [0.5, 0.6) is 0 Å². The van der Waals surface area contributed by atoms with Gasteiger partial charge in [0.2, 0.25) is 0 Å². The van der Waals surface area contributed by atoms with Crippen molar-refractivity contribution in [2.75, 3.05) is 25.2 Å². The topological polar surface area (TPSA) is 73.8 Å². The van der Waals surface area contributed by atoms with E-state index in [9.17, 15) is 4.79 Å². The molecule has 1 unspecified atom stereocenters. The van der Waals surface area contributed by atoms with Crippen LogP contribution in [0.1, 0.15) is 34.6 Å². The van der Waals surface area contributed by atoms with Crippen molar-refractivity contribution >= 4 is 11.8 Å². The van der Waals surface area contributed by atoms with Gasteiger partial charge in [-0.05, 0) is 34.6 Å². The summed E-state index contributed by atoms with van der Waals surface area (Å²) in [6.07, 6.45) is 0.700. The molecule has 0 fully saturated rings. The van der Waals surface area contributed by atoms with Gasteiger partial charge >= 0.3 is 5.97 Å². The van der Waals surface area contributed by atoms with E-state index in [4.69, 9.17) is 24.2 Å². The van der Waals surface area contributed by atoms with Crippen molar-refractivity contribution in [1.29, 1.82) is 0 Å². The van der Waals surface area contributed by atoms with Crippen LogP contribution in [-0.4, -0.2) is 54.1 Å². The highest BCUT2D eigenvalue weighted by Crippen LogP contribution is 2.30. The maximum absolute atomic E-state index is 12.3. The number of aromatic nitrogens is 2. The van der Waals surface area contributed by atoms with Crippen molar-refractivity contribution in [3.05, 3.63) is 66.9 Å². The highest BCUT2D eigenvalue weighted by Gasteiger charge is 2.26. The first-order valence-corrected chi connectivity index (χ1v) is 11.8. The summed E-state index contributed by atoms with van der Waals surface area (Å²) in [4.78, 5) is 24.3. The monoisotopic (exact) mass is 477 g/mol. The number of methoxy groups -OCH3 is 1. The number of carbonyl (C=O) groups excluding carboxylic acids is 1. The lowest BCUT2D eigenvalue weighted by Gasteiger charge is -2.29. The van der Waals surface area contributed by atoms with Crippen LogP contribution >= 0.6 is 0 Å². The van der Waals surface area contributed by atoms with Crippen LogP contribution in [-0.2, 0) is 19.0 Å². The first-order chi connectivity index (χ1) is 16.7. The van der Waals surface area contributed by atoms with E-state index in [0.717, 1.165) is 28.3 Å². The molecule has 0 aliphatic carbocycles. The van der Waals surface area contributed by atoms with Crippen LogP contribution in [0.25, 0.3) is 22.5 Å². The molecule has 0 saturated heterocycles. The first kappa shape index (κ1) is 26.3. The zero-order valence-electron chi connectivity index (χ0n) is 21.4. The number of rotatable bonds is 10. The molecule has 7 heteroatoms. The zero-order chi connectivity index (χ0) is 25.4. The molecule has 0 spiro atoms. The molecular formula is C28H35N3O4. The minimum absolute atomic E-state index is 0.127. The average Bonchev–Trinajstić information content (AvgIpc) is 2.83. The van der Waals surface area contributed by atoms with Crippen molar-refractivity contribution in [3.63, 3.8) is 0 Å². The predicted octanol–water partition coefficient (Wildman–Crippen LogP) is 5.36. The van der Waals surface area contributed by atoms with Crippen LogP contribution in [0.15, 0.2) is 66.9 Å². The maximum atomic E-state index is 12.3. The van der Waals surface area contributed by atoms with E-state index in [0.29, 0.717) is 6.54 Å². The van der Waals surface area contributed by atoms with Gasteiger partial charge in [0.15, 0.2) is 0 Å². The van der Waals surface area contributed by atoms with Crippen molar-refractivity contribution in [2.24, 2.45) is 0 Å². The van der Waals surface area contributed by atoms with E-state index in [1.54, 1.807) is 27.0 Å². The van der Waals surface area contributed by atoms with Gasteiger partial charge in [0.05, 0.1) is 24.2 Å². The molecule has 1 aromatic heterocycles. The molecule has 0 N–H and O–H groups in total. The molecule has 0 aliphatic rings. The summed E-state index contributed by atoms with van der Waals surface area (Å²) in [5.74, 6) is 0.183. The Morgan fingerprint density at radius 2 is 1.51 bits per heavy atom. The van der Waals surface area contributed by atoms with Crippen LogP contribution in [0.4, 0.5) is 5.82 Å². The molecule has 0 radical (unpaired) electrons. The van der Waals surface area contributed by atoms with Gasteiger partial charge in [-0.3, -0.25) is 4.98 Å². The quantitative estimate of drug-likeness (QED) is 0.288.